The smallest absolute Gasteiger partial charge is 0.405 e. The van der Waals surface area contributed by atoms with Crippen molar-refractivity contribution in [1.82, 2.24) is 5.32 Å². The van der Waals surface area contributed by atoms with Crippen LogP contribution in [0.1, 0.15) is 5.56 Å². The molecule has 0 heterocycles. The Morgan fingerprint density at radius 2 is 1.31 bits per heavy atom. The molecule has 0 aromatic heterocycles. The monoisotopic (exact) mass is 512 g/mol. The van der Waals surface area contributed by atoms with Crippen molar-refractivity contribution in [2.45, 2.75) is 24.9 Å². The normalized spacial score (nSPS) is 12.5. The van der Waals surface area contributed by atoms with Crippen molar-refractivity contribution in [3.8, 4) is 5.75 Å². The number of hydrogen-bond donors (Lipinski definition) is 1. The first-order valence-corrected chi connectivity index (χ1v) is 10.3. The Morgan fingerprint density at radius 1 is 0.806 bits per heavy atom. The zero-order chi connectivity index (χ0) is 26.3. The summed E-state index contributed by atoms with van der Waals surface area (Å²) in [7, 11) is 0. The van der Waals surface area contributed by atoms with Gasteiger partial charge in [0.2, 0.25) is 0 Å². The Hall–Kier alpha value is -4.06. The van der Waals surface area contributed by atoms with Crippen molar-refractivity contribution in [3.05, 3.63) is 90.5 Å². The number of para-hydroxylation sites is 3. The fourth-order valence-corrected chi connectivity index (χ4v) is 3.31. The molecular weight excluding hydrogens is 494 g/mol. The molecule has 0 saturated heterocycles. The summed E-state index contributed by atoms with van der Waals surface area (Å²) in [6.07, 6.45) is -5.08. The summed E-state index contributed by atoms with van der Waals surface area (Å²) >= 11 is 0. The highest BCUT2D eigenvalue weighted by molar-refractivity contribution is 6.06. The minimum Gasteiger partial charge on any atom is -0.405 e. The number of amides is 1. The van der Waals surface area contributed by atoms with Gasteiger partial charge in [-0.2, -0.15) is 8.78 Å². The third-order valence-corrected chi connectivity index (χ3v) is 4.90. The molecule has 12 heteroatoms. The van der Waals surface area contributed by atoms with Gasteiger partial charge in [-0.05, 0) is 30.3 Å². The maximum atomic E-state index is 15.0. The topological polar surface area (TPSA) is 67.9 Å². The molecule has 1 atom stereocenters. The molecule has 0 aliphatic heterocycles. The van der Waals surface area contributed by atoms with E-state index in [1.165, 1.54) is 60.7 Å². The number of hydrogen-bond acceptors (Lipinski definition) is 5. The van der Waals surface area contributed by atoms with E-state index in [9.17, 15) is 36.1 Å². The van der Waals surface area contributed by atoms with Crippen LogP contribution in [0.15, 0.2) is 84.9 Å². The molecule has 3 aromatic carbocycles. The second-order valence-corrected chi connectivity index (χ2v) is 7.30. The SMILES string of the molecule is O=C(C(NCc1ccccc1OC(F)(F)F)C(F)(F)C(=O)OF)N(c1ccccc1)c1ccccc1. The predicted octanol–water partition coefficient (Wildman–Crippen LogP) is 5.47. The van der Waals surface area contributed by atoms with E-state index >= 15 is 0 Å². The number of nitrogens with one attached hydrogen (secondary N) is 1. The van der Waals surface area contributed by atoms with Gasteiger partial charge in [-0.25, -0.2) is 9.74 Å². The number of halogens is 6. The van der Waals surface area contributed by atoms with Crippen molar-refractivity contribution in [3.63, 3.8) is 0 Å². The maximum absolute atomic E-state index is 15.0. The number of alkyl halides is 5. The van der Waals surface area contributed by atoms with Gasteiger partial charge in [0.25, 0.3) is 5.91 Å². The van der Waals surface area contributed by atoms with E-state index in [1.807, 2.05) is 0 Å². The molecule has 6 nitrogen and oxygen atoms in total. The molecule has 3 aromatic rings. The number of carbonyl (C=O) groups excluding carboxylic acids is 2. The number of nitrogens with zero attached hydrogens (tertiary/aromatic N) is 1. The molecule has 0 aliphatic rings. The van der Waals surface area contributed by atoms with Crippen molar-refractivity contribution in [2.75, 3.05) is 4.90 Å². The summed E-state index contributed by atoms with van der Waals surface area (Å²) in [6.45, 7) is -0.783. The van der Waals surface area contributed by atoms with E-state index in [4.69, 9.17) is 0 Å². The van der Waals surface area contributed by atoms with Gasteiger partial charge in [-0.15, -0.1) is 13.2 Å². The molecule has 1 unspecified atom stereocenters. The number of carbonyl (C=O) groups is 2. The molecule has 36 heavy (non-hydrogen) atoms. The zero-order valence-electron chi connectivity index (χ0n) is 18.2. The van der Waals surface area contributed by atoms with Gasteiger partial charge in [0.05, 0.1) is 0 Å². The van der Waals surface area contributed by atoms with Crippen LogP contribution in [0, 0.1) is 0 Å². The van der Waals surface area contributed by atoms with Crippen LogP contribution in [-0.2, 0) is 21.1 Å². The molecule has 1 amide bonds. The number of ether oxygens (including phenoxy) is 1. The first-order valence-electron chi connectivity index (χ1n) is 10.3. The fraction of sp³-hybridized carbons (Fsp3) is 0.167. The maximum Gasteiger partial charge on any atom is 0.573 e. The third kappa shape index (κ3) is 6.33. The fourth-order valence-electron chi connectivity index (χ4n) is 3.31. The van der Waals surface area contributed by atoms with E-state index in [1.54, 1.807) is 12.1 Å². The van der Waals surface area contributed by atoms with Gasteiger partial charge in [0, 0.05) is 28.0 Å². The summed E-state index contributed by atoms with van der Waals surface area (Å²) < 4.78 is 84.6. The van der Waals surface area contributed by atoms with Crippen LogP contribution >= 0.6 is 0 Å². The molecule has 0 radical (unpaired) electrons. The number of anilines is 2. The molecule has 0 fully saturated rings. The molecule has 3 rings (SSSR count). The first-order chi connectivity index (χ1) is 17.0. The average Bonchev–Trinajstić information content (AvgIpc) is 2.85. The highest BCUT2D eigenvalue weighted by Crippen LogP contribution is 2.32. The second kappa shape index (κ2) is 11.1. The lowest BCUT2D eigenvalue weighted by Gasteiger charge is -2.31. The summed E-state index contributed by atoms with van der Waals surface area (Å²) in [5, 5.41) is 2.08. The highest BCUT2D eigenvalue weighted by atomic mass is 19.4. The van der Waals surface area contributed by atoms with Crippen LogP contribution < -0.4 is 15.0 Å². The van der Waals surface area contributed by atoms with E-state index in [0.717, 1.165) is 17.0 Å². The van der Waals surface area contributed by atoms with Crippen LogP contribution in [0.25, 0.3) is 0 Å². The Balaban J connectivity index is 2.02. The van der Waals surface area contributed by atoms with Crippen LogP contribution in [0.4, 0.5) is 37.9 Å². The first kappa shape index (κ1) is 26.5. The number of benzene rings is 3. The summed E-state index contributed by atoms with van der Waals surface area (Å²) in [5.74, 6) is -9.54. The van der Waals surface area contributed by atoms with E-state index in [-0.39, 0.29) is 16.9 Å². The Bertz CT molecular complexity index is 1140. The molecular formula is C24H18F6N2O4. The zero-order valence-corrected chi connectivity index (χ0v) is 18.2. The molecule has 1 N–H and O–H groups in total. The minimum absolute atomic E-state index is 0.130. The standard InChI is InChI=1S/C24H18F6N2O4/c25-23(26,22(34)36-30)20(31-15-16-9-7-8-14-19(16)35-24(27,28)29)21(33)32(17-10-3-1-4-11-17)18-12-5-2-6-13-18/h1-14,20,31H,15H2. The average molecular weight is 512 g/mol. The largest absolute Gasteiger partial charge is 0.573 e. The lowest BCUT2D eigenvalue weighted by molar-refractivity contribution is -0.274. The summed E-state index contributed by atoms with van der Waals surface area (Å²) in [4.78, 5) is 28.7. The quantitative estimate of drug-likeness (QED) is 0.385. The highest BCUT2D eigenvalue weighted by Gasteiger charge is 2.55. The number of rotatable bonds is 9. The van der Waals surface area contributed by atoms with E-state index < -0.39 is 42.5 Å². The van der Waals surface area contributed by atoms with Crippen LogP contribution in [0.5, 0.6) is 5.75 Å². The van der Waals surface area contributed by atoms with Gasteiger partial charge in [-0.1, -0.05) is 54.6 Å². The van der Waals surface area contributed by atoms with Crippen LogP contribution in [0.3, 0.4) is 0 Å². The molecule has 0 bridgehead atoms. The van der Waals surface area contributed by atoms with Gasteiger partial charge >= 0.3 is 18.3 Å². The van der Waals surface area contributed by atoms with Crippen molar-refractivity contribution < 1.29 is 45.7 Å². The van der Waals surface area contributed by atoms with E-state index in [2.05, 4.69) is 15.0 Å². The van der Waals surface area contributed by atoms with Gasteiger partial charge in [-0.3, -0.25) is 15.0 Å². The Kier molecular flexibility index (Phi) is 8.20. The predicted molar refractivity (Wildman–Crippen MR) is 116 cm³/mol. The van der Waals surface area contributed by atoms with Crippen molar-refractivity contribution in [1.29, 1.82) is 0 Å². The lowest BCUT2D eigenvalue weighted by Crippen LogP contribution is -2.58. The minimum atomic E-state index is -5.08. The Morgan fingerprint density at radius 3 is 1.81 bits per heavy atom. The molecule has 190 valence electrons. The second-order valence-electron chi connectivity index (χ2n) is 7.30. The molecule has 0 aliphatic carbocycles. The van der Waals surface area contributed by atoms with Gasteiger partial charge < -0.3 is 4.74 Å². The third-order valence-electron chi connectivity index (χ3n) is 4.90. The van der Waals surface area contributed by atoms with Gasteiger partial charge in [0.15, 0.2) is 6.04 Å². The lowest BCUT2D eigenvalue weighted by atomic mass is 10.1. The van der Waals surface area contributed by atoms with Crippen molar-refractivity contribution in [2.24, 2.45) is 0 Å². The van der Waals surface area contributed by atoms with Gasteiger partial charge in [0.1, 0.15) is 5.75 Å². The van der Waals surface area contributed by atoms with Crippen molar-refractivity contribution >= 4 is 23.3 Å². The van der Waals surface area contributed by atoms with Crippen LogP contribution in [0.2, 0.25) is 0 Å². The van der Waals surface area contributed by atoms with E-state index in [0.29, 0.717) is 0 Å². The summed E-state index contributed by atoms with van der Waals surface area (Å²) in [5.41, 5.74) is -0.000505. The van der Waals surface area contributed by atoms with Crippen LogP contribution in [-0.4, -0.2) is 30.2 Å². The molecule has 0 spiro atoms. The Labute approximate surface area is 200 Å². The summed E-state index contributed by atoms with van der Waals surface area (Å²) in [6, 6.07) is 16.9. The molecule has 0 saturated carbocycles.